The molecule has 0 bridgehead atoms. The molecule has 0 radical (unpaired) electrons. The van der Waals surface area contributed by atoms with Gasteiger partial charge >= 0.3 is 0 Å². The van der Waals surface area contributed by atoms with Gasteiger partial charge in [-0.15, -0.1) is 0 Å². The summed E-state index contributed by atoms with van der Waals surface area (Å²) in [5, 5.41) is 11.4. The predicted molar refractivity (Wildman–Crippen MR) is 91.0 cm³/mol. The second kappa shape index (κ2) is 5.51. The van der Waals surface area contributed by atoms with Crippen molar-refractivity contribution in [2.45, 2.75) is 17.8 Å². The van der Waals surface area contributed by atoms with Gasteiger partial charge in [0.15, 0.2) is 23.0 Å². The zero-order valence-corrected chi connectivity index (χ0v) is 14.4. The SMILES string of the molecule is O[C@@]12CO[C@H](c3ccc4c(c3)OCO4)[C@@H]1CO[C@@H]2c1ccc2c(c1)OCO2. The largest absolute Gasteiger partial charge is 0.454 e. The van der Waals surface area contributed by atoms with Gasteiger partial charge in [0.2, 0.25) is 13.6 Å². The fraction of sp³-hybridized carbons (Fsp3) is 0.400. The first kappa shape index (κ1) is 15.6. The minimum atomic E-state index is -1.10. The summed E-state index contributed by atoms with van der Waals surface area (Å²) in [5.74, 6) is 2.65. The number of hydrogen-bond acceptors (Lipinski definition) is 7. The van der Waals surface area contributed by atoms with Crippen molar-refractivity contribution in [3.8, 4) is 23.0 Å². The molecule has 2 aromatic rings. The van der Waals surface area contributed by atoms with E-state index in [1.807, 2.05) is 36.4 Å². The van der Waals surface area contributed by atoms with Gasteiger partial charge in [-0.3, -0.25) is 0 Å². The molecule has 27 heavy (non-hydrogen) atoms. The Morgan fingerprint density at radius 3 is 2.15 bits per heavy atom. The predicted octanol–water partition coefficient (Wildman–Crippen LogP) is 2.33. The molecule has 7 nitrogen and oxygen atoms in total. The van der Waals surface area contributed by atoms with Gasteiger partial charge in [-0.05, 0) is 35.4 Å². The van der Waals surface area contributed by atoms with Crippen molar-refractivity contribution >= 4 is 0 Å². The lowest BCUT2D eigenvalue weighted by atomic mass is 9.81. The number of aliphatic hydroxyl groups is 1. The number of benzene rings is 2. The highest BCUT2D eigenvalue weighted by Gasteiger charge is 2.59. The van der Waals surface area contributed by atoms with Crippen molar-refractivity contribution in [1.82, 2.24) is 0 Å². The fourth-order valence-electron chi connectivity index (χ4n) is 4.43. The molecule has 4 aliphatic heterocycles. The molecule has 2 saturated heterocycles. The van der Waals surface area contributed by atoms with E-state index in [1.54, 1.807) is 0 Å². The van der Waals surface area contributed by atoms with Crippen molar-refractivity contribution in [1.29, 1.82) is 0 Å². The molecule has 1 N–H and O–H groups in total. The lowest BCUT2D eigenvalue weighted by molar-refractivity contribution is -0.0628. The normalized spacial score (nSPS) is 32.7. The standard InChI is InChI=1S/C20H18O7/c21-20-8-23-18(11-1-3-14-16(5-11)26-9-24-14)13(20)7-22-19(20)12-2-4-15-17(6-12)27-10-25-15/h1-6,13,18-19,21H,7-10H2/t13-,18+,19+,20-/m0/s1. The molecule has 0 aromatic heterocycles. The summed E-state index contributed by atoms with van der Waals surface area (Å²) in [7, 11) is 0. The number of fused-ring (bicyclic) bond motifs is 3. The van der Waals surface area contributed by atoms with Gasteiger partial charge in [0.1, 0.15) is 11.7 Å². The van der Waals surface area contributed by atoms with Crippen LogP contribution in [0.2, 0.25) is 0 Å². The molecule has 2 fully saturated rings. The average molecular weight is 370 g/mol. The highest BCUT2D eigenvalue weighted by Crippen LogP contribution is 2.54. The molecule has 4 atom stereocenters. The van der Waals surface area contributed by atoms with Crippen molar-refractivity contribution in [2.75, 3.05) is 26.8 Å². The van der Waals surface area contributed by atoms with Crippen molar-refractivity contribution in [3.05, 3.63) is 47.5 Å². The summed E-state index contributed by atoms with van der Waals surface area (Å²) in [6.45, 7) is 1.06. The summed E-state index contributed by atoms with van der Waals surface area (Å²) >= 11 is 0. The van der Waals surface area contributed by atoms with Crippen LogP contribution in [-0.4, -0.2) is 37.5 Å². The lowest BCUT2D eigenvalue weighted by Gasteiger charge is -2.27. The van der Waals surface area contributed by atoms with Crippen LogP contribution in [-0.2, 0) is 9.47 Å². The van der Waals surface area contributed by atoms with E-state index < -0.39 is 11.7 Å². The second-order valence-electron chi connectivity index (χ2n) is 7.27. The molecule has 0 unspecified atom stereocenters. The van der Waals surface area contributed by atoms with E-state index in [9.17, 15) is 5.11 Å². The maximum absolute atomic E-state index is 11.4. The molecule has 140 valence electrons. The van der Waals surface area contributed by atoms with Crippen molar-refractivity contribution in [3.63, 3.8) is 0 Å². The lowest BCUT2D eigenvalue weighted by Crippen LogP contribution is -2.39. The Hall–Kier alpha value is -2.48. The maximum atomic E-state index is 11.4. The molecule has 0 spiro atoms. The topological polar surface area (TPSA) is 75.6 Å². The Bertz CT molecular complexity index is 913. The van der Waals surface area contributed by atoms with Gasteiger partial charge in [0.25, 0.3) is 0 Å². The van der Waals surface area contributed by atoms with Gasteiger partial charge in [-0.25, -0.2) is 0 Å². The summed E-state index contributed by atoms with van der Waals surface area (Å²) in [6.07, 6.45) is -0.737. The maximum Gasteiger partial charge on any atom is 0.231 e. The summed E-state index contributed by atoms with van der Waals surface area (Å²) in [6, 6.07) is 11.4. The summed E-state index contributed by atoms with van der Waals surface area (Å²) in [5.41, 5.74) is 0.712. The molecule has 4 aliphatic rings. The van der Waals surface area contributed by atoms with Crippen LogP contribution < -0.4 is 18.9 Å². The Morgan fingerprint density at radius 1 is 0.778 bits per heavy atom. The minimum Gasteiger partial charge on any atom is -0.454 e. The highest BCUT2D eigenvalue weighted by molar-refractivity contribution is 5.47. The molecule has 4 heterocycles. The molecule has 6 rings (SSSR count). The second-order valence-corrected chi connectivity index (χ2v) is 7.27. The van der Waals surface area contributed by atoms with Crippen LogP contribution in [0.1, 0.15) is 23.3 Å². The first-order valence-corrected chi connectivity index (χ1v) is 8.97. The smallest absolute Gasteiger partial charge is 0.231 e. The third kappa shape index (κ3) is 2.19. The first-order chi connectivity index (χ1) is 13.2. The molecule has 2 aromatic carbocycles. The van der Waals surface area contributed by atoms with E-state index in [2.05, 4.69) is 0 Å². The van der Waals surface area contributed by atoms with E-state index in [-0.39, 0.29) is 32.2 Å². The summed E-state index contributed by atoms with van der Waals surface area (Å²) < 4.78 is 33.7. The molecular weight excluding hydrogens is 352 g/mol. The third-order valence-electron chi connectivity index (χ3n) is 5.82. The van der Waals surface area contributed by atoms with Crippen LogP contribution in [0.5, 0.6) is 23.0 Å². The first-order valence-electron chi connectivity index (χ1n) is 8.97. The number of rotatable bonds is 2. The van der Waals surface area contributed by atoms with E-state index in [1.165, 1.54) is 0 Å². The average Bonchev–Trinajstić information content (AvgIpc) is 3.43. The molecular formula is C20H18O7. The highest BCUT2D eigenvalue weighted by atomic mass is 16.7. The molecule has 0 aliphatic carbocycles. The Morgan fingerprint density at radius 2 is 1.41 bits per heavy atom. The van der Waals surface area contributed by atoms with Crippen LogP contribution >= 0.6 is 0 Å². The van der Waals surface area contributed by atoms with Gasteiger partial charge in [0.05, 0.1) is 19.3 Å². The van der Waals surface area contributed by atoms with Crippen LogP contribution in [0.25, 0.3) is 0 Å². The Kier molecular flexibility index (Phi) is 3.18. The van der Waals surface area contributed by atoms with Gasteiger partial charge in [-0.2, -0.15) is 0 Å². The minimum absolute atomic E-state index is 0.173. The fourth-order valence-corrected chi connectivity index (χ4v) is 4.43. The van der Waals surface area contributed by atoms with Crippen LogP contribution in [0.15, 0.2) is 36.4 Å². The van der Waals surface area contributed by atoms with E-state index in [0.29, 0.717) is 23.9 Å². The van der Waals surface area contributed by atoms with Gasteiger partial charge < -0.3 is 33.5 Å². The Balaban J connectivity index is 1.31. The van der Waals surface area contributed by atoms with Gasteiger partial charge in [-0.1, -0.05) is 12.1 Å². The monoisotopic (exact) mass is 370 g/mol. The zero-order chi connectivity index (χ0) is 18.0. The Labute approximate surface area is 155 Å². The number of ether oxygens (including phenoxy) is 6. The van der Waals surface area contributed by atoms with Crippen molar-refractivity contribution in [2.24, 2.45) is 5.92 Å². The quantitative estimate of drug-likeness (QED) is 0.870. The molecule has 7 heteroatoms. The van der Waals surface area contributed by atoms with E-state index in [4.69, 9.17) is 28.4 Å². The zero-order valence-electron chi connectivity index (χ0n) is 14.4. The van der Waals surface area contributed by atoms with Gasteiger partial charge in [0, 0.05) is 5.92 Å². The van der Waals surface area contributed by atoms with Crippen LogP contribution in [0.4, 0.5) is 0 Å². The van der Waals surface area contributed by atoms with E-state index >= 15 is 0 Å². The van der Waals surface area contributed by atoms with Crippen LogP contribution in [0, 0.1) is 5.92 Å². The molecule has 0 amide bonds. The van der Waals surface area contributed by atoms with Crippen LogP contribution in [0.3, 0.4) is 0 Å². The summed E-state index contributed by atoms with van der Waals surface area (Å²) in [4.78, 5) is 0. The third-order valence-corrected chi connectivity index (χ3v) is 5.82. The van der Waals surface area contributed by atoms with E-state index in [0.717, 1.165) is 16.9 Å². The van der Waals surface area contributed by atoms with Crippen molar-refractivity contribution < 1.29 is 33.5 Å². The number of hydrogen-bond donors (Lipinski definition) is 1. The molecule has 0 saturated carbocycles.